The maximum atomic E-state index is 12.9. The second kappa shape index (κ2) is 8.81. The van der Waals surface area contributed by atoms with E-state index in [9.17, 15) is 9.18 Å². The second-order valence-electron chi connectivity index (χ2n) is 5.85. The molecule has 0 saturated carbocycles. The van der Waals surface area contributed by atoms with Crippen LogP contribution in [-0.4, -0.2) is 19.1 Å². The first kappa shape index (κ1) is 17.7. The Bertz CT molecular complexity index is 780. The van der Waals surface area contributed by atoms with Gasteiger partial charge in [-0.05, 0) is 35.4 Å². The lowest BCUT2D eigenvalue weighted by atomic mass is 9.90. The SMILES string of the molecule is O=C(NCCOc1ccc(F)cc1)C(c1ccccc1)c1ccccc1. The predicted molar refractivity (Wildman–Crippen MR) is 99.6 cm³/mol. The quantitative estimate of drug-likeness (QED) is 0.651. The van der Waals surface area contributed by atoms with Gasteiger partial charge in [0.05, 0.1) is 12.5 Å². The van der Waals surface area contributed by atoms with Crippen LogP contribution in [0.3, 0.4) is 0 Å². The van der Waals surface area contributed by atoms with Crippen LogP contribution in [0.5, 0.6) is 5.75 Å². The number of hydrogen-bond acceptors (Lipinski definition) is 2. The van der Waals surface area contributed by atoms with Crippen molar-refractivity contribution in [1.82, 2.24) is 5.32 Å². The first-order valence-electron chi connectivity index (χ1n) is 8.50. The van der Waals surface area contributed by atoms with Crippen molar-refractivity contribution >= 4 is 5.91 Å². The standard InChI is InChI=1S/C22H20FNO2/c23-19-11-13-20(14-12-19)26-16-15-24-22(25)21(17-7-3-1-4-8-17)18-9-5-2-6-10-18/h1-14,21H,15-16H2,(H,24,25). The number of ether oxygens (including phenoxy) is 1. The van der Waals surface area contributed by atoms with Crippen LogP contribution in [0.2, 0.25) is 0 Å². The summed E-state index contributed by atoms with van der Waals surface area (Å²) in [6.07, 6.45) is 0. The van der Waals surface area contributed by atoms with Gasteiger partial charge in [-0.25, -0.2) is 4.39 Å². The van der Waals surface area contributed by atoms with Gasteiger partial charge in [-0.1, -0.05) is 60.7 Å². The molecule has 0 fully saturated rings. The van der Waals surface area contributed by atoms with E-state index in [1.807, 2.05) is 60.7 Å². The number of nitrogens with one attached hydrogen (secondary N) is 1. The molecular weight excluding hydrogens is 329 g/mol. The highest BCUT2D eigenvalue weighted by Crippen LogP contribution is 2.24. The van der Waals surface area contributed by atoms with E-state index in [4.69, 9.17) is 4.74 Å². The topological polar surface area (TPSA) is 38.3 Å². The Morgan fingerprint density at radius 3 is 1.92 bits per heavy atom. The summed E-state index contributed by atoms with van der Waals surface area (Å²) in [6.45, 7) is 0.681. The van der Waals surface area contributed by atoms with Crippen molar-refractivity contribution in [3.8, 4) is 5.75 Å². The van der Waals surface area contributed by atoms with Gasteiger partial charge in [-0.15, -0.1) is 0 Å². The molecule has 0 bridgehead atoms. The Hall–Kier alpha value is -3.14. The van der Waals surface area contributed by atoms with E-state index in [0.717, 1.165) is 11.1 Å². The number of amides is 1. The van der Waals surface area contributed by atoms with E-state index >= 15 is 0 Å². The monoisotopic (exact) mass is 349 g/mol. The normalized spacial score (nSPS) is 10.5. The lowest BCUT2D eigenvalue weighted by Gasteiger charge is -2.18. The number of halogens is 1. The minimum absolute atomic E-state index is 0.0786. The average Bonchev–Trinajstić information content (AvgIpc) is 2.68. The molecule has 0 aliphatic carbocycles. The largest absolute Gasteiger partial charge is 0.492 e. The van der Waals surface area contributed by atoms with Gasteiger partial charge in [0, 0.05) is 0 Å². The third-order valence-corrected chi connectivity index (χ3v) is 4.01. The van der Waals surface area contributed by atoms with Crippen molar-refractivity contribution in [2.75, 3.05) is 13.2 Å². The van der Waals surface area contributed by atoms with Gasteiger partial charge in [0.25, 0.3) is 0 Å². The van der Waals surface area contributed by atoms with Gasteiger partial charge >= 0.3 is 0 Å². The maximum Gasteiger partial charge on any atom is 0.232 e. The van der Waals surface area contributed by atoms with Crippen LogP contribution in [0.4, 0.5) is 4.39 Å². The minimum Gasteiger partial charge on any atom is -0.492 e. The third kappa shape index (κ3) is 4.70. The molecule has 0 heterocycles. The molecule has 3 nitrogen and oxygen atoms in total. The number of hydrogen-bond donors (Lipinski definition) is 1. The van der Waals surface area contributed by atoms with Crippen LogP contribution in [0.25, 0.3) is 0 Å². The third-order valence-electron chi connectivity index (χ3n) is 4.01. The summed E-state index contributed by atoms with van der Waals surface area (Å²) >= 11 is 0. The smallest absolute Gasteiger partial charge is 0.232 e. The van der Waals surface area contributed by atoms with Crippen molar-refractivity contribution in [2.24, 2.45) is 0 Å². The van der Waals surface area contributed by atoms with E-state index < -0.39 is 0 Å². The molecule has 0 spiro atoms. The van der Waals surface area contributed by atoms with Crippen molar-refractivity contribution < 1.29 is 13.9 Å². The van der Waals surface area contributed by atoms with Gasteiger partial charge in [0.2, 0.25) is 5.91 Å². The molecule has 0 atom stereocenters. The molecule has 26 heavy (non-hydrogen) atoms. The highest BCUT2D eigenvalue weighted by atomic mass is 19.1. The van der Waals surface area contributed by atoms with Gasteiger partial charge in [-0.2, -0.15) is 0 Å². The average molecular weight is 349 g/mol. The van der Waals surface area contributed by atoms with Crippen LogP contribution in [0, 0.1) is 5.82 Å². The molecule has 4 heteroatoms. The zero-order chi connectivity index (χ0) is 18.2. The number of benzene rings is 3. The van der Waals surface area contributed by atoms with E-state index in [-0.39, 0.29) is 17.6 Å². The molecule has 0 radical (unpaired) electrons. The van der Waals surface area contributed by atoms with Crippen LogP contribution in [0.15, 0.2) is 84.9 Å². The summed E-state index contributed by atoms with van der Waals surface area (Å²) in [5.41, 5.74) is 1.88. The second-order valence-corrected chi connectivity index (χ2v) is 5.85. The summed E-state index contributed by atoms with van der Waals surface area (Å²) in [4.78, 5) is 12.8. The molecule has 0 aliphatic rings. The Balaban J connectivity index is 1.62. The Kier molecular flexibility index (Phi) is 5.99. The lowest BCUT2D eigenvalue weighted by molar-refractivity contribution is -0.121. The van der Waals surface area contributed by atoms with Crippen LogP contribution in [0.1, 0.15) is 17.0 Å². The van der Waals surface area contributed by atoms with E-state index in [0.29, 0.717) is 18.9 Å². The highest BCUT2D eigenvalue weighted by Gasteiger charge is 2.21. The zero-order valence-electron chi connectivity index (χ0n) is 14.3. The Morgan fingerprint density at radius 2 is 1.38 bits per heavy atom. The first-order valence-corrected chi connectivity index (χ1v) is 8.50. The minimum atomic E-state index is -0.372. The summed E-state index contributed by atoms with van der Waals surface area (Å²) < 4.78 is 18.4. The highest BCUT2D eigenvalue weighted by molar-refractivity contribution is 5.87. The van der Waals surface area contributed by atoms with E-state index in [2.05, 4.69) is 5.32 Å². The molecule has 3 aromatic carbocycles. The molecule has 3 rings (SSSR count). The molecule has 1 amide bonds. The summed E-state index contributed by atoms with van der Waals surface area (Å²) in [5.74, 6) is -0.184. The van der Waals surface area contributed by atoms with Crippen LogP contribution >= 0.6 is 0 Å². The Morgan fingerprint density at radius 1 is 0.846 bits per heavy atom. The fourth-order valence-corrected chi connectivity index (χ4v) is 2.76. The molecule has 0 unspecified atom stereocenters. The molecule has 3 aromatic rings. The lowest BCUT2D eigenvalue weighted by Crippen LogP contribution is -2.33. The van der Waals surface area contributed by atoms with Gasteiger partial charge < -0.3 is 10.1 Å². The molecule has 0 aromatic heterocycles. The Labute approximate surface area is 152 Å². The molecular formula is C22H20FNO2. The summed E-state index contributed by atoms with van der Waals surface area (Å²) in [5, 5.41) is 2.92. The van der Waals surface area contributed by atoms with E-state index in [1.54, 1.807) is 12.1 Å². The number of rotatable bonds is 7. The van der Waals surface area contributed by atoms with Gasteiger partial charge in [0.1, 0.15) is 18.2 Å². The van der Waals surface area contributed by atoms with Gasteiger partial charge in [0.15, 0.2) is 0 Å². The van der Waals surface area contributed by atoms with Crippen molar-refractivity contribution in [1.29, 1.82) is 0 Å². The zero-order valence-corrected chi connectivity index (χ0v) is 14.3. The molecule has 0 saturated heterocycles. The maximum absolute atomic E-state index is 12.9. The fourth-order valence-electron chi connectivity index (χ4n) is 2.76. The van der Waals surface area contributed by atoms with Crippen LogP contribution < -0.4 is 10.1 Å². The number of carbonyl (C=O) groups excluding carboxylic acids is 1. The van der Waals surface area contributed by atoms with Crippen LogP contribution in [-0.2, 0) is 4.79 Å². The summed E-state index contributed by atoms with van der Waals surface area (Å²) in [7, 11) is 0. The molecule has 1 N–H and O–H groups in total. The van der Waals surface area contributed by atoms with E-state index in [1.165, 1.54) is 12.1 Å². The predicted octanol–water partition coefficient (Wildman–Crippen LogP) is 4.15. The van der Waals surface area contributed by atoms with Crippen molar-refractivity contribution in [3.63, 3.8) is 0 Å². The van der Waals surface area contributed by atoms with Crippen molar-refractivity contribution in [2.45, 2.75) is 5.92 Å². The molecule has 0 aliphatic heterocycles. The summed E-state index contributed by atoms with van der Waals surface area (Å²) in [6, 6.07) is 25.2. The van der Waals surface area contributed by atoms with Crippen molar-refractivity contribution in [3.05, 3.63) is 102 Å². The first-order chi connectivity index (χ1) is 12.7. The molecule has 132 valence electrons. The van der Waals surface area contributed by atoms with Gasteiger partial charge in [-0.3, -0.25) is 4.79 Å². The number of carbonyl (C=O) groups is 1. The fraction of sp³-hybridized carbons (Fsp3) is 0.136.